The Labute approximate surface area is 99.4 Å². The lowest BCUT2D eigenvalue weighted by Crippen LogP contribution is -1.97. The Morgan fingerprint density at radius 1 is 1.29 bits per heavy atom. The van der Waals surface area contributed by atoms with Crippen molar-refractivity contribution in [3.05, 3.63) is 27.8 Å². The van der Waals surface area contributed by atoms with E-state index < -0.39 is 0 Å². The van der Waals surface area contributed by atoms with Gasteiger partial charge in [-0.15, -0.1) is 0 Å². The average Bonchev–Trinajstić information content (AvgIpc) is 2.24. The van der Waals surface area contributed by atoms with Gasteiger partial charge in [-0.2, -0.15) is 0 Å². The minimum Gasteiger partial charge on any atom is -0.492 e. The van der Waals surface area contributed by atoms with Gasteiger partial charge in [0.25, 0.3) is 0 Å². The Hall–Kier alpha value is -0.290. The highest BCUT2D eigenvalue weighted by molar-refractivity contribution is 14.1. The monoisotopic (exact) mass is 308 g/mol. The number of aliphatic hydroxyl groups is 1. The van der Waals surface area contributed by atoms with Crippen molar-refractivity contribution in [1.82, 2.24) is 0 Å². The highest BCUT2D eigenvalue weighted by atomic mass is 127. The van der Waals surface area contributed by atoms with Gasteiger partial charge in [-0.1, -0.05) is 25.5 Å². The molecule has 1 rings (SSSR count). The normalized spacial score (nSPS) is 8.86. The number of para-hydroxylation sites is 1. The van der Waals surface area contributed by atoms with Crippen molar-refractivity contribution in [2.75, 3.05) is 13.7 Å². The first-order chi connectivity index (χ1) is 6.84. The molecule has 0 aliphatic rings. The second kappa shape index (κ2) is 9.27. The van der Waals surface area contributed by atoms with Gasteiger partial charge in [-0.05, 0) is 41.1 Å². The van der Waals surface area contributed by atoms with Crippen LogP contribution in [0.2, 0.25) is 0 Å². The second-order valence-corrected chi connectivity index (χ2v) is 3.79. The van der Waals surface area contributed by atoms with Gasteiger partial charge in [0.2, 0.25) is 0 Å². The minimum atomic E-state index is 0.830. The molecule has 0 aromatic heterocycles. The first-order valence-electron chi connectivity index (χ1n) is 4.66. The summed E-state index contributed by atoms with van der Waals surface area (Å²) in [6, 6.07) is 8.09. The molecule has 1 aromatic carbocycles. The van der Waals surface area contributed by atoms with Crippen LogP contribution in [0.3, 0.4) is 0 Å². The molecule has 14 heavy (non-hydrogen) atoms. The summed E-state index contributed by atoms with van der Waals surface area (Å²) in [5.74, 6) is 1.01. The van der Waals surface area contributed by atoms with Crippen molar-refractivity contribution in [2.45, 2.75) is 19.8 Å². The molecule has 2 nitrogen and oxygen atoms in total. The molecule has 0 unspecified atom stereocenters. The van der Waals surface area contributed by atoms with Crippen LogP contribution in [0, 0.1) is 3.57 Å². The number of halogens is 1. The van der Waals surface area contributed by atoms with E-state index in [0.29, 0.717) is 0 Å². The molecule has 80 valence electrons. The SMILES string of the molecule is CCCCOc1ccccc1I.CO. The van der Waals surface area contributed by atoms with Crippen molar-refractivity contribution in [3.63, 3.8) is 0 Å². The van der Waals surface area contributed by atoms with Gasteiger partial charge in [0.1, 0.15) is 5.75 Å². The highest BCUT2D eigenvalue weighted by Crippen LogP contribution is 2.19. The lowest BCUT2D eigenvalue weighted by molar-refractivity contribution is 0.307. The Morgan fingerprint density at radius 3 is 2.50 bits per heavy atom. The van der Waals surface area contributed by atoms with Crippen LogP contribution in [0.1, 0.15) is 19.8 Å². The van der Waals surface area contributed by atoms with Gasteiger partial charge < -0.3 is 9.84 Å². The van der Waals surface area contributed by atoms with E-state index in [-0.39, 0.29) is 0 Å². The van der Waals surface area contributed by atoms with Crippen LogP contribution < -0.4 is 4.74 Å². The molecule has 0 aliphatic carbocycles. The summed E-state index contributed by atoms with van der Waals surface area (Å²) in [5, 5.41) is 7.00. The summed E-state index contributed by atoms with van der Waals surface area (Å²) in [4.78, 5) is 0. The van der Waals surface area contributed by atoms with E-state index in [1.165, 1.54) is 9.99 Å². The van der Waals surface area contributed by atoms with Gasteiger partial charge in [-0.3, -0.25) is 0 Å². The van der Waals surface area contributed by atoms with Crippen LogP contribution >= 0.6 is 22.6 Å². The third kappa shape index (κ3) is 5.44. The lowest BCUT2D eigenvalue weighted by Gasteiger charge is -2.06. The van der Waals surface area contributed by atoms with E-state index in [4.69, 9.17) is 9.84 Å². The van der Waals surface area contributed by atoms with Crippen LogP contribution in [0.5, 0.6) is 5.75 Å². The number of hydrogen-bond acceptors (Lipinski definition) is 2. The van der Waals surface area contributed by atoms with Crippen LogP contribution in [0.15, 0.2) is 24.3 Å². The number of ether oxygens (including phenoxy) is 1. The fraction of sp³-hybridized carbons (Fsp3) is 0.455. The molecule has 0 radical (unpaired) electrons. The molecule has 0 heterocycles. The minimum absolute atomic E-state index is 0.830. The van der Waals surface area contributed by atoms with E-state index in [0.717, 1.165) is 25.9 Å². The van der Waals surface area contributed by atoms with E-state index in [9.17, 15) is 0 Å². The van der Waals surface area contributed by atoms with Gasteiger partial charge in [0.15, 0.2) is 0 Å². The molecule has 0 fully saturated rings. The van der Waals surface area contributed by atoms with Crippen LogP contribution in [-0.2, 0) is 0 Å². The first-order valence-corrected chi connectivity index (χ1v) is 5.74. The van der Waals surface area contributed by atoms with E-state index >= 15 is 0 Å². The maximum absolute atomic E-state index is 7.00. The quantitative estimate of drug-likeness (QED) is 0.684. The molecule has 0 saturated carbocycles. The van der Waals surface area contributed by atoms with Crippen molar-refractivity contribution in [3.8, 4) is 5.75 Å². The van der Waals surface area contributed by atoms with E-state index in [1.807, 2.05) is 18.2 Å². The fourth-order valence-corrected chi connectivity index (χ4v) is 1.43. The summed E-state index contributed by atoms with van der Waals surface area (Å²) >= 11 is 2.29. The standard InChI is InChI=1S/C10H13IO.CH4O/c1-2-3-8-12-10-7-5-4-6-9(10)11;1-2/h4-7H,2-3,8H2,1H3;2H,1H3. The van der Waals surface area contributed by atoms with Crippen molar-refractivity contribution in [1.29, 1.82) is 0 Å². The molecule has 1 aromatic rings. The molecule has 0 saturated heterocycles. The zero-order valence-electron chi connectivity index (χ0n) is 8.66. The molecule has 3 heteroatoms. The summed E-state index contributed by atoms with van der Waals surface area (Å²) in [6.07, 6.45) is 2.31. The first kappa shape index (κ1) is 13.7. The summed E-state index contributed by atoms with van der Waals surface area (Å²) in [7, 11) is 1.00. The number of rotatable bonds is 4. The van der Waals surface area contributed by atoms with Gasteiger partial charge in [0, 0.05) is 7.11 Å². The van der Waals surface area contributed by atoms with E-state index in [1.54, 1.807) is 0 Å². The van der Waals surface area contributed by atoms with Gasteiger partial charge >= 0.3 is 0 Å². The third-order valence-electron chi connectivity index (χ3n) is 1.59. The Bertz CT molecular complexity index is 238. The Morgan fingerprint density at radius 2 is 1.93 bits per heavy atom. The second-order valence-electron chi connectivity index (χ2n) is 2.63. The average molecular weight is 308 g/mol. The largest absolute Gasteiger partial charge is 0.492 e. The van der Waals surface area contributed by atoms with Gasteiger partial charge in [-0.25, -0.2) is 0 Å². The molecule has 0 atom stereocenters. The number of aliphatic hydroxyl groups excluding tert-OH is 1. The zero-order chi connectivity index (χ0) is 10.8. The molecular formula is C11H17IO2. The topological polar surface area (TPSA) is 29.5 Å². The number of hydrogen-bond donors (Lipinski definition) is 1. The molecule has 0 spiro atoms. The Kier molecular flexibility index (Phi) is 9.08. The van der Waals surface area contributed by atoms with E-state index in [2.05, 4.69) is 35.6 Å². The molecule has 0 amide bonds. The summed E-state index contributed by atoms with van der Waals surface area (Å²) < 4.78 is 6.76. The van der Waals surface area contributed by atoms with Crippen LogP contribution in [0.25, 0.3) is 0 Å². The van der Waals surface area contributed by atoms with Gasteiger partial charge in [0.05, 0.1) is 10.2 Å². The molecule has 0 aliphatic heterocycles. The predicted octanol–water partition coefficient (Wildman–Crippen LogP) is 3.08. The number of benzene rings is 1. The van der Waals surface area contributed by atoms with Crippen molar-refractivity contribution < 1.29 is 9.84 Å². The third-order valence-corrected chi connectivity index (χ3v) is 2.48. The number of unbranched alkanes of at least 4 members (excludes halogenated alkanes) is 1. The summed E-state index contributed by atoms with van der Waals surface area (Å²) in [6.45, 7) is 3.00. The van der Waals surface area contributed by atoms with Crippen LogP contribution in [0.4, 0.5) is 0 Å². The van der Waals surface area contributed by atoms with Crippen molar-refractivity contribution >= 4 is 22.6 Å². The van der Waals surface area contributed by atoms with Crippen LogP contribution in [-0.4, -0.2) is 18.8 Å². The summed E-state index contributed by atoms with van der Waals surface area (Å²) in [5.41, 5.74) is 0. The molecule has 0 bridgehead atoms. The lowest BCUT2D eigenvalue weighted by atomic mass is 10.3. The fourth-order valence-electron chi connectivity index (χ4n) is 0.888. The highest BCUT2D eigenvalue weighted by Gasteiger charge is 1.96. The maximum atomic E-state index is 7.00. The predicted molar refractivity (Wildman–Crippen MR) is 67.7 cm³/mol. The smallest absolute Gasteiger partial charge is 0.132 e. The zero-order valence-corrected chi connectivity index (χ0v) is 10.8. The molecule has 1 N–H and O–H groups in total. The molecular weight excluding hydrogens is 291 g/mol. The Balaban J connectivity index is 0.000000791. The van der Waals surface area contributed by atoms with Crippen molar-refractivity contribution in [2.24, 2.45) is 0 Å². The maximum Gasteiger partial charge on any atom is 0.132 e.